The van der Waals surface area contributed by atoms with Gasteiger partial charge in [0.15, 0.2) is 10.9 Å². The molecule has 3 aromatic rings. The van der Waals surface area contributed by atoms with Crippen molar-refractivity contribution in [1.82, 2.24) is 9.55 Å². The number of hydrogen-bond donors (Lipinski definition) is 1. The molecule has 0 fully saturated rings. The van der Waals surface area contributed by atoms with Gasteiger partial charge in [-0.2, -0.15) is 0 Å². The quantitative estimate of drug-likeness (QED) is 0.315. The third-order valence-electron chi connectivity index (χ3n) is 5.97. The van der Waals surface area contributed by atoms with Crippen LogP contribution in [-0.4, -0.2) is 46.7 Å². The Morgan fingerprint density at radius 2 is 1.86 bits per heavy atom. The number of ketones is 1. The lowest BCUT2D eigenvalue weighted by molar-refractivity contribution is -0.112. The molecule has 1 heterocycles. The first-order chi connectivity index (χ1) is 16.9. The molecule has 1 aliphatic rings. The molecule has 0 aliphatic heterocycles. The average Bonchev–Trinajstić information content (AvgIpc) is 3.35. The second-order valence-corrected chi connectivity index (χ2v) is 9.86. The van der Waals surface area contributed by atoms with E-state index in [2.05, 4.69) is 4.98 Å². The molecule has 1 unspecified atom stereocenters. The summed E-state index contributed by atoms with van der Waals surface area (Å²) < 4.78 is 7.65. The summed E-state index contributed by atoms with van der Waals surface area (Å²) in [6, 6.07) is 17.6. The molecule has 0 amide bonds. The van der Waals surface area contributed by atoms with E-state index >= 15 is 0 Å². The average molecular weight is 490 g/mol. The molecule has 35 heavy (non-hydrogen) atoms. The summed E-state index contributed by atoms with van der Waals surface area (Å²) in [5.41, 5.74) is 1.01. The summed E-state index contributed by atoms with van der Waals surface area (Å²) in [5.74, 6) is 0.676. The topological polar surface area (TPSA) is 67.6 Å². The molecule has 0 spiro atoms. The lowest BCUT2D eigenvalue weighted by atomic mass is 9.89. The number of benzene rings is 2. The number of Topliss-reactive ketones (excluding diaryl/α,β-unsaturated/α-hetero) is 1. The Balaban J connectivity index is 1.51. The fraction of sp³-hybridized carbons (Fsp3) is 0.286. The zero-order chi connectivity index (χ0) is 24.8. The highest BCUT2D eigenvalue weighted by Gasteiger charge is 2.42. The Morgan fingerprint density at radius 1 is 1.11 bits per heavy atom. The first kappa shape index (κ1) is 24.8. The number of thioether (sulfide) groups is 1. The molecule has 1 aromatic heterocycles. The van der Waals surface area contributed by atoms with Crippen molar-refractivity contribution in [2.24, 2.45) is 7.05 Å². The maximum absolute atomic E-state index is 13.4. The van der Waals surface area contributed by atoms with Gasteiger partial charge in [0.2, 0.25) is 0 Å². The van der Waals surface area contributed by atoms with Crippen LogP contribution in [0.15, 0.2) is 88.7 Å². The molecule has 7 heteroatoms. The molecule has 4 rings (SSSR count). The van der Waals surface area contributed by atoms with Gasteiger partial charge in [0.1, 0.15) is 11.4 Å². The number of hydrogen-bond acceptors (Lipinski definition) is 6. The van der Waals surface area contributed by atoms with Crippen molar-refractivity contribution in [1.29, 1.82) is 0 Å². The Labute approximate surface area is 210 Å². The predicted molar refractivity (Wildman–Crippen MR) is 142 cm³/mol. The van der Waals surface area contributed by atoms with E-state index in [0.29, 0.717) is 35.1 Å². The monoisotopic (exact) mass is 489 g/mol. The van der Waals surface area contributed by atoms with E-state index in [9.17, 15) is 9.90 Å². The van der Waals surface area contributed by atoms with E-state index in [0.717, 1.165) is 23.4 Å². The van der Waals surface area contributed by atoms with E-state index in [1.165, 1.54) is 11.8 Å². The van der Waals surface area contributed by atoms with Gasteiger partial charge in [-0.1, -0.05) is 30.3 Å². The second kappa shape index (κ2) is 11.0. The van der Waals surface area contributed by atoms with Crippen LogP contribution >= 0.6 is 11.8 Å². The maximum Gasteiger partial charge on any atom is 0.198 e. The van der Waals surface area contributed by atoms with Gasteiger partial charge in [0.25, 0.3) is 0 Å². The summed E-state index contributed by atoms with van der Waals surface area (Å²) in [6.07, 6.45) is 8.96. The van der Waals surface area contributed by atoms with Crippen molar-refractivity contribution >= 4 is 29.3 Å². The Morgan fingerprint density at radius 3 is 2.51 bits per heavy atom. The van der Waals surface area contributed by atoms with Crippen LogP contribution in [0.4, 0.5) is 5.69 Å². The number of carbonyl (C=O) groups is 1. The highest BCUT2D eigenvalue weighted by molar-refractivity contribution is 8.03. The fourth-order valence-corrected chi connectivity index (χ4v) is 4.92. The van der Waals surface area contributed by atoms with Gasteiger partial charge in [-0.15, -0.1) is 0 Å². The fourth-order valence-electron chi connectivity index (χ4n) is 3.95. The summed E-state index contributed by atoms with van der Waals surface area (Å²) in [5, 5.41) is 12.4. The summed E-state index contributed by atoms with van der Waals surface area (Å²) in [4.78, 5) is 20.3. The van der Waals surface area contributed by atoms with Crippen LogP contribution in [0.5, 0.6) is 5.75 Å². The highest BCUT2D eigenvalue weighted by Crippen LogP contribution is 2.42. The Hall–Kier alpha value is -3.29. The van der Waals surface area contributed by atoms with Gasteiger partial charge in [0, 0.05) is 44.8 Å². The van der Waals surface area contributed by atoms with Gasteiger partial charge in [-0.3, -0.25) is 4.79 Å². The van der Waals surface area contributed by atoms with Crippen LogP contribution in [0.1, 0.15) is 24.8 Å². The molecule has 2 aromatic carbocycles. The third kappa shape index (κ3) is 6.05. The Kier molecular flexibility index (Phi) is 7.78. The lowest BCUT2D eigenvalue weighted by Crippen LogP contribution is -2.28. The summed E-state index contributed by atoms with van der Waals surface area (Å²) in [6.45, 7) is 0.553. The van der Waals surface area contributed by atoms with E-state index in [1.807, 2.05) is 97.5 Å². The smallest absolute Gasteiger partial charge is 0.198 e. The molecule has 1 aliphatic carbocycles. The van der Waals surface area contributed by atoms with Crippen LogP contribution < -0.4 is 9.64 Å². The van der Waals surface area contributed by atoms with Gasteiger partial charge in [-0.05, 0) is 73.0 Å². The number of aryl methyl sites for hydroxylation is 1. The van der Waals surface area contributed by atoms with Gasteiger partial charge in [-0.25, -0.2) is 4.98 Å². The van der Waals surface area contributed by atoms with Crippen molar-refractivity contribution in [3.05, 3.63) is 89.1 Å². The molecule has 1 N–H and O–H groups in total. The van der Waals surface area contributed by atoms with E-state index in [-0.39, 0.29) is 5.78 Å². The number of ether oxygens (including phenoxy) is 1. The number of carbonyl (C=O) groups excluding carboxylic acids is 1. The first-order valence-corrected chi connectivity index (χ1v) is 12.5. The highest BCUT2D eigenvalue weighted by atomic mass is 32.2. The van der Waals surface area contributed by atoms with E-state index in [1.54, 1.807) is 12.3 Å². The SMILES string of the molecule is CN(C)c1ccc(C=C2C(=O)C(Sc3nccn3C)=CC2(O)CCCCOc2ccccc2)cc1. The number of unbranched alkanes of at least 4 members (excludes halogenated alkanes) is 1. The van der Waals surface area contributed by atoms with Crippen LogP contribution in [0.2, 0.25) is 0 Å². The molecular formula is C28H31N3O3S. The molecule has 6 nitrogen and oxygen atoms in total. The third-order valence-corrected chi connectivity index (χ3v) is 7.07. The minimum atomic E-state index is -1.34. The normalized spacial score (nSPS) is 18.7. The number of para-hydroxylation sites is 1. The second-order valence-electron chi connectivity index (χ2n) is 8.85. The van der Waals surface area contributed by atoms with Crippen molar-refractivity contribution in [2.45, 2.75) is 30.0 Å². The standard InChI is InChI=1S/C28H31N3O3S/c1-30(2)22-13-11-21(12-14-22)19-24-26(32)25(35-27-29-16-17-31(27)3)20-28(24,33)15-7-8-18-34-23-9-5-4-6-10-23/h4-6,9-14,16-17,19-20,33H,7-8,15,18H2,1-3H3. The van der Waals surface area contributed by atoms with Crippen molar-refractivity contribution in [2.75, 3.05) is 25.6 Å². The molecule has 0 saturated carbocycles. The van der Waals surface area contributed by atoms with Gasteiger partial charge < -0.3 is 19.3 Å². The van der Waals surface area contributed by atoms with Gasteiger partial charge in [0.05, 0.1) is 11.5 Å². The summed E-state index contributed by atoms with van der Waals surface area (Å²) >= 11 is 1.29. The largest absolute Gasteiger partial charge is 0.494 e. The molecule has 0 radical (unpaired) electrons. The lowest BCUT2D eigenvalue weighted by Gasteiger charge is -2.22. The molecule has 1 atom stereocenters. The number of anilines is 1. The number of allylic oxidation sites excluding steroid dienone is 1. The van der Waals surface area contributed by atoms with Crippen molar-refractivity contribution in [3.63, 3.8) is 0 Å². The zero-order valence-electron chi connectivity index (χ0n) is 20.3. The van der Waals surface area contributed by atoms with Crippen molar-refractivity contribution < 1.29 is 14.6 Å². The van der Waals surface area contributed by atoms with Crippen molar-refractivity contribution in [3.8, 4) is 5.75 Å². The van der Waals surface area contributed by atoms with Crippen LogP contribution in [-0.2, 0) is 11.8 Å². The molecule has 0 bridgehead atoms. The molecule has 182 valence electrons. The maximum atomic E-state index is 13.4. The number of imidazole rings is 1. The van der Waals surface area contributed by atoms with Gasteiger partial charge >= 0.3 is 0 Å². The van der Waals surface area contributed by atoms with Crippen LogP contribution in [0, 0.1) is 0 Å². The zero-order valence-corrected chi connectivity index (χ0v) is 21.2. The molecular weight excluding hydrogens is 458 g/mol. The summed E-state index contributed by atoms with van der Waals surface area (Å²) in [7, 11) is 5.86. The Bertz CT molecular complexity index is 1220. The number of rotatable bonds is 10. The number of aliphatic hydroxyl groups is 1. The number of aromatic nitrogens is 2. The number of nitrogens with zero attached hydrogens (tertiary/aromatic N) is 3. The predicted octanol–water partition coefficient (Wildman–Crippen LogP) is 5.11. The molecule has 0 saturated heterocycles. The minimum absolute atomic E-state index is 0.155. The van der Waals surface area contributed by atoms with Crippen LogP contribution in [0.25, 0.3) is 6.08 Å². The van der Waals surface area contributed by atoms with E-state index < -0.39 is 5.60 Å². The first-order valence-electron chi connectivity index (χ1n) is 11.7. The van der Waals surface area contributed by atoms with E-state index in [4.69, 9.17) is 4.74 Å². The minimum Gasteiger partial charge on any atom is -0.494 e. The van der Waals surface area contributed by atoms with Crippen LogP contribution in [0.3, 0.4) is 0 Å².